The van der Waals surface area contributed by atoms with Crippen molar-refractivity contribution in [1.29, 1.82) is 0 Å². The number of aryl methyl sites for hydroxylation is 1. The number of nitrogens with one attached hydrogen (secondary N) is 3. The van der Waals surface area contributed by atoms with E-state index in [1.807, 2.05) is 7.05 Å². The van der Waals surface area contributed by atoms with Gasteiger partial charge in [-0.25, -0.2) is 13.9 Å². The lowest BCUT2D eigenvalue weighted by Crippen LogP contribution is -2.47. The number of amides is 3. The van der Waals surface area contributed by atoms with Crippen molar-refractivity contribution in [3.63, 3.8) is 0 Å². The summed E-state index contributed by atoms with van der Waals surface area (Å²) in [6.07, 6.45) is -0.984. The number of hydrogen-bond acceptors (Lipinski definition) is 17. The maximum absolute atomic E-state index is 12.8. The number of phosphoric acid groups is 2. The number of unbranched alkanes of at least 4 members (excludes halogenated alkanes) is 2. The van der Waals surface area contributed by atoms with Gasteiger partial charge in [-0.1, -0.05) is 33.6 Å². The molecule has 0 saturated carbocycles. The fourth-order valence-electron chi connectivity index (χ4n) is 6.43. The number of nitrogens with zero attached hydrogens (tertiary/aromatic N) is 3. The van der Waals surface area contributed by atoms with Crippen LogP contribution in [0.1, 0.15) is 77.5 Å². The highest BCUT2D eigenvalue weighted by Crippen LogP contribution is 2.45. The number of nitrogen functional groups attached to an aromatic ring is 1. The Morgan fingerprint density at radius 1 is 0.862 bits per heavy atom. The van der Waals surface area contributed by atoms with E-state index in [1.54, 1.807) is 0 Å². The van der Waals surface area contributed by atoms with E-state index in [-0.39, 0.29) is 75.1 Å². The summed E-state index contributed by atoms with van der Waals surface area (Å²) in [5.74, 6) is -0.274. The predicted octanol–water partition coefficient (Wildman–Crippen LogP) is -0.664. The lowest BCUT2D eigenvalue weighted by Gasteiger charge is -2.28. The summed E-state index contributed by atoms with van der Waals surface area (Å²) in [7, 11) is -8.32. The second-order valence-electron chi connectivity index (χ2n) is 15.6. The maximum atomic E-state index is 12.8. The number of phosphoric ester groups is 2. The molecule has 10 N–H and O–H groups in total. The van der Waals surface area contributed by atoms with E-state index >= 15 is 0 Å². The number of carbonyl (C=O) groups excluding carboxylic acids is 3. The van der Waals surface area contributed by atoms with Gasteiger partial charge in [-0.2, -0.15) is 4.98 Å². The number of hydrogen-bond donors (Lipinski definition) is 9. The molecule has 0 bridgehead atoms. The van der Waals surface area contributed by atoms with Crippen molar-refractivity contribution < 1.29 is 80.9 Å². The average Bonchev–Trinajstić information content (AvgIpc) is 3.51. The smallest absolute Gasteiger partial charge is 0.386 e. The normalized spacial score (nSPS) is 18.3. The molecule has 1 aromatic rings. The fraction of sp³-hybridized carbons (Fsp3) is 0.816. The summed E-state index contributed by atoms with van der Waals surface area (Å²) in [5, 5.41) is 19.2. The molecule has 0 aliphatic carbocycles. The molecule has 0 radical (unpaired) electrons. The first kappa shape index (κ1) is 58.2. The van der Waals surface area contributed by atoms with Crippen molar-refractivity contribution in [2.75, 3.05) is 98.4 Å². The Morgan fingerprint density at radius 2 is 1.46 bits per heavy atom. The summed E-state index contributed by atoms with van der Waals surface area (Å²) in [6, 6.07) is -0.216. The monoisotopic (exact) mass is 975 g/mol. The van der Waals surface area contributed by atoms with Crippen LogP contribution in [0.3, 0.4) is 0 Å². The highest BCUT2D eigenvalue weighted by atomic mass is 31.2. The van der Waals surface area contributed by atoms with Gasteiger partial charge in [-0.05, 0) is 45.2 Å². The Labute approximate surface area is 379 Å². The van der Waals surface area contributed by atoms with Crippen molar-refractivity contribution >= 4 is 39.2 Å². The Kier molecular flexibility index (Phi) is 27.9. The Balaban J connectivity index is 1.52. The Morgan fingerprint density at radius 3 is 2.06 bits per heavy atom. The van der Waals surface area contributed by atoms with Gasteiger partial charge in [-0.15, -0.1) is 0 Å². The lowest BCUT2D eigenvalue weighted by molar-refractivity contribution is -0.127. The zero-order valence-corrected chi connectivity index (χ0v) is 39.5. The van der Waals surface area contributed by atoms with Crippen LogP contribution in [-0.4, -0.2) is 174 Å². The largest absolute Gasteiger partial charge is 0.470 e. The van der Waals surface area contributed by atoms with E-state index < -0.39 is 52.5 Å². The highest BCUT2D eigenvalue weighted by Gasteiger charge is 2.49. The third-order valence-electron chi connectivity index (χ3n) is 9.71. The maximum Gasteiger partial charge on any atom is 0.470 e. The SMILES string of the molecule is CCCCCN(C)C(CC(C)C)C(=O)NCCC(=O)NCCOCCOCCOCCOCCC(=O)NCCCc1cn([C@@H]2O[C@H](COP(=O)(O)O)C(OP(=O)(O)O)C2O)c(=O)nc1N. The number of anilines is 1. The van der Waals surface area contributed by atoms with E-state index in [9.17, 15) is 43.2 Å². The van der Waals surface area contributed by atoms with Crippen LogP contribution >= 0.6 is 15.6 Å². The van der Waals surface area contributed by atoms with Gasteiger partial charge < -0.3 is 70.0 Å². The second-order valence-corrected chi connectivity index (χ2v) is 18.1. The first-order valence-corrected chi connectivity index (χ1v) is 24.8. The van der Waals surface area contributed by atoms with Crippen LogP contribution in [-0.2, 0) is 62.7 Å². The highest BCUT2D eigenvalue weighted by molar-refractivity contribution is 7.46. The molecule has 65 heavy (non-hydrogen) atoms. The number of likely N-dealkylation sites (N-methyl/N-ethyl adjacent to an activating group) is 1. The molecule has 1 aliphatic heterocycles. The van der Waals surface area contributed by atoms with Gasteiger partial charge in [0.1, 0.15) is 24.1 Å². The van der Waals surface area contributed by atoms with E-state index in [0.29, 0.717) is 64.1 Å². The molecule has 1 saturated heterocycles. The molecule has 3 amide bonds. The predicted molar refractivity (Wildman–Crippen MR) is 233 cm³/mol. The Bertz CT molecular complexity index is 1720. The summed E-state index contributed by atoms with van der Waals surface area (Å²) in [4.78, 5) is 92.4. The molecule has 0 spiro atoms. The topological polar surface area (TPSA) is 351 Å². The van der Waals surface area contributed by atoms with Crippen LogP contribution in [0.4, 0.5) is 5.82 Å². The van der Waals surface area contributed by atoms with Crippen molar-refractivity contribution in [1.82, 2.24) is 30.4 Å². The number of carbonyl (C=O) groups is 3. The molecule has 3 unspecified atom stereocenters. The number of aliphatic hydroxyl groups is 1. The van der Waals surface area contributed by atoms with E-state index in [1.165, 1.54) is 6.20 Å². The van der Waals surface area contributed by atoms with Crippen molar-refractivity contribution in [3.8, 4) is 0 Å². The van der Waals surface area contributed by atoms with Gasteiger partial charge in [0.25, 0.3) is 0 Å². The van der Waals surface area contributed by atoms with Gasteiger partial charge in [0.15, 0.2) is 6.23 Å². The van der Waals surface area contributed by atoms with Gasteiger partial charge in [0.2, 0.25) is 17.7 Å². The summed E-state index contributed by atoms with van der Waals surface area (Å²) < 4.78 is 59.7. The summed E-state index contributed by atoms with van der Waals surface area (Å²) in [6.45, 7) is 9.44. The molecule has 2 heterocycles. The van der Waals surface area contributed by atoms with Crippen LogP contribution in [0.2, 0.25) is 0 Å². The third-order valence-corrected chi connectivity index (χ3v) is 10.7. The number of aliphatic hydroxyl groups excluding tert-OH is 1. The average molecular weight is 976 g/mol. The number of ether oxygens (including phenoxy) is 5. The quantitative estimate of drug-likeness (QED) is 0.0298. The standard InChI is InChI=1S/C38H71N7O18P2/c1-5-6-7-15-44(4)29(24-27(2)3)36(49)42-13-10-31(46)41-14-17-58-19-21-60-23-22-59-20-18-57-16-11-32(47)40-12-8-9-28-25-45(38(50)43-35(28)39)37-33(48)34(63-65(54,55)56)30(62-37)26-61-64(51,52)53/h25,27,29-30,33-34,37,48H,5-24,26H2,1-4H3,(H,40,47)(H,41,46)(H,42,49)(H2,39,43,50)(H2,51,52,53)(H2,54,55,56)/t29?,30-,33?,34?,37-/m1/s1. The van der Waals surface area contributed by atoms with E-state index in [0.717, 1.165) is 36.8 Å². The molecular formula is C38H71N7O18P2. The van der Waals surface area contributed by atoms with Crippen LogP contribution in [0.5, 0.6) is 0 Å². The molecule has 1 aromatic heterocycles. The molecule has 1 fully saturated rings. The number of nitrogens with two attached hydrogens (primary N) is 1. The van der Waals surface area contributed by atoms with Gasteiger partial charge in [-0.3, -0.25) is 32.9 Å². The van der Waals surface area contributed by atoms with Crippen LogP contribution in [0, 0.1) is 5.92 Å². The van der Waals surface area contributed by atoms with Crippen LogP contribution < -0.4 is 27.4 Å². The van der Waals surface area contributed by atoms with Crippen LogP contribution in [0.25, 0.3) is 0 Å². The molecule has 5 atom stereocenters. The van der Waals surface area contributed by atoms with E-state index in [4.69, 9.17) is 39.2 Å². The van der Waals surface area contributed by atoms with Crippen molar-refractivity contribution in [3.05, 3.63) is 22.2 Å². The first-order valence-electron chi connectivity index (χ1n) is 21.7. The molecule has 25 nitrogen and oxygen atoms in total. The minimum atomic E-state index is -5.24. The molecular weight excluding hydrogens is 904 g/mol. The number of rotatable bonds is 36. The molecule has 2 rings (SSSR count). The second kappa shape index (κ2) is 31.1. The molecule has 376 valence electrons. The van der Waals surface area contributed by atoms with Gasteiger partial charge in [0, 0.05) is 44.2 Å². The summed E-state index contributed by atoms with van der Waals surface area (Å²) in [5.41, 5.74) is 5.21. The number of aromatic nitrogens is 2. The Hall–Kier alpha value is -2.97. The molecule has 0 aromatic carbocycles. The lowest BCUT2D eigenvalue weighted by atomic mass is 10.0. The zero-order chi connectivity index (χ0) is 48.4. The van der Waals surface area contributed by atoms with Gasteiger partial charge in [0.05, 0.1) is 65.5 Å². The van der Waals surface area contributed by atoms with Crippen molar-refractivity contribution in [2.45, 2.75) is 103 Å². The fourth-order valence-corrected chi connectivity index (χ4v) is 7.35. The van der Waals surface area contributed by atoms with E-state index in [2.05, 4.69) is 55.7 Å². The van der Waals surface area contributed by atoms with Crippen molar-refractivity contribution in [2.24, 2.45) is 5.92 Å². The molecule has 1 aliphatic rings. The van der Waals surface area contributed by atoms with Crippen LogP contribution in [0.15, 0.2) is 11.0 Å². The molecule has 27 heteroatoms. The zero-order valence-electron chi connectivity index (χ0n) is 37.7. The summed E-state index contributed by atoms with van der Waals surface area (Å²) >= 11 is 0. The first-order chi connectivity index (χ1) is 30.7. The third kappa shape index (κ3) is 25.1. The minimum absolute atomic E-state index is 0.0492. The minimum Gasteiger partial charge on any atom is -0.386 e. The van der Waals surface area contributed by atoms with Gasteiger partial charge >= 0.3 is 21.3 Å².